The summed E-state index contributed by atoms with van der Waals surface area (Å²) in [6.45, 7) is 6.16. The summed E-state index contributed by atoms with van der Waals surface area (Å²) in [5, 5.41) is 13.2. The SMILES string of the molecule is CCN(Cc1cc(Br)ccc1O)C1CCNC1. The molecule has 1 aliphatic rings. The Kier molecular flexibility index (Phi) is 4.42. The highest BCUT2D eigenvalue weighted by atomic mass is 79.9. The van der Waals surface area contributed by atoms with Gasteiger partial charge >= 0.3 is 0 Å². The van der Waals surface area contributed by atoms with Gasteiger partial charge in [0.2, 0.25) is 0 Å². The smallest absolute Gasteiger partial charge is 0.120 e. The Hall–Kier alpha value is -0.580. The molecule has 0 bridgehead atoms. The lowest BCUT2D eigenvalue weighted by Gasteiger charge is -2.27. The molecule has 1 atom stereocenters. The average Bonchev–Trinajstić information content (AvgIpc) is 2.84. The summed E-state index contributed by atoms with van der Waals surface area (Å²) in [5.41, 5.74) is 0.994. The number of aromatic hydroxyl groups is 1. The minimum Gasteiger partial charge on any atom is -0.508 e. The van der Waals surface area contributed by atoms with Crippen molar-refractivity contribution >= 4 is 15.9 Å². The van der Waals surface area contributed by atoms with Crippen molar-refractivity contribution in [2.24, 2.45) is 0 Å². The van der Waals surface area contributed by atoms with Gasteiger partial charge in [-0.2, -0.15) is 0 Å². The van der Waals surface area contributed by atoms with E-state index in [0.29, 0.717) is 11.8 Å². The number of nitrogens with zero attached hydrogens (tertiary/aromatic N) is 1. The average molecular weight is 299 g/mol. The molecule has 94 valence electrons. The molecule has 1 aromatic rings. The number of halogens is 1. The van der Waals surface area contributed by atoms with E-state index in [1.165, 1.54) is 6.42 Å². The molecule has 17 heavy (non-hydrogen) atoms. The first kappa shape index (κ1) is 12.9. The highest BCUT2D eigenvalue weighted by molar-refractivity contribution is 9.10. The molecule has 4 heteroatoms. The van der Waals surface area contributed by atoms with Crippen molar-refractivity contribution in [1.29, 1.82) is 0 Å². The maximum atomic E-state index is 9.86. The van der Waals surface area contributed by atoms with Crippen LogP contribution in [-0.2, 0) is 6.54 Å². The fraction of sp³-hybridized carbons (Fsp3) is 0.538. The Morgan fingerprint density at radius 2 is 2.35 bits per heavy atom. The Bertz CT molecular complexity index is 378. The molecule has 2 rings (SSSR count). The van der Waals surface area contributed by atoms with Gasteiger partial charge in [0, 0.05) is 29.2 Å². The van der Waals surface area contributed by atoms with Crippen molar-refractivity contribution in [2.75, 3.05) is 19.6 Å². The zero-order valence-electron chi connectivity index (χ0n) is 10.1. The largest absolute Gasteiger partial charge is 0.508 e. The molecule has 2 N–H and O–H groups in total. The maximum absolute atomic E-state index is 9.86. The number of rotatable bonds is 4. The first-order valence-corrected chi connectivity index (χ1v) is 6.92. The fourth-order valence-electron chi connectivity index (χ4n) is 2.35. The topological polar surface area (TPSA) is 35.5 Å². The van der Waals surface area contributed by atoms with Crippen LogP contribution in [0.2, 0.25) is 0 Å². The fourth-order valence-corrected chi connectivity index (χ4v) is 2.76. The van der Waals surface area contributed by atoms with E-state index in [-0.39, 0.29) is 0 Å². The first-order valence-electron chi connectivity index (χ1n) is 6.13. The van der Waals surface area contributed by atoms with Gasteiger partial charge in [-0.15, -0.1) is 0 Å². The molecule has 1 fully saturated rings. The van der Waals surface area contributed by atoms with Crippen molar-refractivity contribution in [3.63, 3.8) is 0 Å². The lowest BCUT2D eigenvalue weighted by molar-refractivity contribution is 0.208. The van der Waals surface area contributed by atoms with Gasteiger partial charge in [-0.1, -0.05) is 22.9 Å². The van der Waals surface area contributed by atoms with Crippen LogP contribution >= 0.6 is 15.9 Å². The molecule has 0 aliphatic carbocycles. The molecule has 1 saturated heterocycles. The Labute approximate surface area is 111 Å². The monoisotopic (exact) mass is 298 g/mol. The van der Waals surface area contributed by atoms with Gasteiger partial charge in [0.05, 0.1) is 0 Å². The van der Waals surface area contributed by atoms with Crippen LogP contribution in [0.4, 0.5) is 0 Å². The molecule has 1 heterocycles. The molecule has 0 amide bonds. The lowest BCUT2D eigenvalue weighted by atomic mass is 10.1. The number of phenols is 1. The van der Waals surface area contributed by atoms with Crippen LogP contribution in [0, 0.1) is 0 Å². The van der Waals surface area contributed by atoms with Gasteiger partial charge in [0.15, 0.2) is 0 Å². The highest BCUT2D eigenvalue weighted by Crippen LogP contribution is 2.24. The molecule has 1 unspecified atom stereocenters. The van der Waals surface area contributed by atoms with E-state index in [9.17, 15) is 5.11 Å². The van der Waals surface area contributed by atoms with E-state index in [1.807, 2.05) is 12.1 Å². The minimum absolute atomic E-state index is 0.387. The normalized spacial score (nSPS) is 20.1. The molecule has 1 aliphatic heterocycles. The summed E-state index contributed by atoms with van der Waals surface area (Å²) in [5.74, 6) is 0.387. The number of hydrogen-bond acceptors (Lipinski definition) is 3. The van der Waals surface area contributed by atoms with Crippen LogP contribution in [0.15, 0.2) is 22.7 Å². The van der Waals surface area contributed by atoms with Gasteiger partial charge in [0.25, 0.3) is 0 Å². The molecule has 0 saturated carbocycles. The second-order valence-corrected chi connectivity index (χ2v) is 5.40. The van der Waals surface area contributed by atoms with E-state index in [2.05, 4.69) is 33.1 Å². The molecule has 3 nitrogen and oxygen atoms in total. The molecular formula is C13H19BrN2O. The van der Waals surface area contributed by atoms with Crippen LogP contribution < -0.4 is 5.32 Å². The maximum Gasteiger partial charge on any atom is 0.120 e. The van der Waals surface area contributed by atoms with Crippen LogP contribution in [0.3, 0.4) is 0 Å². The van der Waals surface area contributed by atoms with E-state index in [1.54, 1.807) is 6.07 Å². The van der Waals surface area contributed by atoms with Crippen molar-refractivity contribution in [2.45, 2.75) is 25.9 Å². The third-order valence-corrected chi connectivity index (χ3v) is 3.87. The standard InChI is InChI=1S/C13H19BrN2O/c1-2-16(12-5-6-15-8-12)9-10-7-11(14)3-4-13(10)17/h3-4,7,12,15,17H,2,5-6,8-9H2,1H3. The molecule has 0 spiro atoms. The summed E-state index contributed by atoms with van der Waals surface area (Å²) in [6.07, 6.45) is 1.20. The zero-order valence-corrected chi connectivity index (χ0v) is 11.7. The summed E-state index contributed by atoms with van der Waals surface area (Å²) in [7, 11) is 0. The zero-order chi connectivity index (χ0) is 12.3. The Balaban J connectivity index is 2.09. The predicted molar refractivity (Wildman–Crippen MR) is 73.2 cm³/mol. The van der Waals surface area contributed by atoms with Gasteiger partial charge in [-0.25, -0.2) is 0 Å². The Morgan fingerprint density at radius 3 is 3.00 bits per heavy atom. The molecule has 1 aromatic carbocycles. The third kappa shape index (κ3) is 3.21. The second-order valence-electron chi connectivity index (χ2n) is 4.48. The Morgan fingerprint density at radius 1 is 1.53 bits per heavy atom. The second kappa shape index (κ2) is 5.85. The van der Waals surface area contributed by atoms with Gasteiger partial charge < -0.3 is 10.4 Å². The molecule has 0 aromatic heterocycles. The van der Waals surface area contributed by atoms with E-state index >= 15 is 0 Å². The number of phenolic OH excluding ortho intramolecular Hbond substituents is 1. The van der Waals surface area contributed by atoms with Crippen molar-refractivity contribution in [3.8, 4) is 5.75 Å². The summed E-state index contributed by atoms with van der Waals surface area (Å²) in [6, 6.07) is 6.21. The van der Waals surface area contributed by atoms with Crippen LogP contribution in [-0.4, -0.2) is 35.7 Å². The number of nitrogens with one attached hydrogen (secondary N) is 1. The highest BCUT2D eigenvalue weighted by Gasteiger charge is 2.21. The molecular weight excluding hydrogens is 280 g/mol. The van der Waals surface area contributed by atoms with Crippen LogP contribution in [0.5, 0.6) is 5.75 Å². The first-order chi connectivity index (χ1) is 8.20. The van der Waals surface area contributed by atoms with Gasteiger partial charge in [0.1, 0.15) is 5.75 Å². The quantitative estimate of drug-likeness (QED) is 0.896. The number of likely N-dealkylation sites (N-methyl/N-ethyl adjacent to an activating group) is 1. The van der Waals surface area contributed by atoms with Gasteiger partial charge in [-0.3, -0.25) is 4.90 Å². The summed E-state index contributed by atoms with van der Waals surface area (Å²) >= 11 is 3.45. The van der Waals surface area contributed by atoms with Crippen LogP contribution in [0.25, 0.3) is 0 Å². The third-order valence-electron chi connectivity index (χ3n) is 3.37. The van der Waals surface area contributed by atoms with Gasteiger partial charge in [-0.05, 0) is 37.7 Å². The summed E-state index contributed by atoms with van der Waals surface area (Å²) < 4.78 is 1.02. The predicted octanol–water partition coefficient (Wildman–Crippen LogP) is 2.34. The summed E-state index contributed by atoms with van der Waals surface area (Å²) in [4.78, 5) is 2.42. The van der Waals surface area contributed by atoms with E-state index < -0.39 is 0 Å². The number of hydrogen-bond donors (Lipinski definition) is 2. The van der Waals surface area contributed by atoms with Crippen molar-refractivity contribution in [3.05, 3.63) is 28.2 Å². The number of benzene rings is 1. The lowest BCUT2D eigenvalue weighted by Crippen LogP contribution is -2.36. The van der Waals surface area contributed by atoms with Crippen molar-refractivity contribution < 1.29 is 5.11 Å². The minimum atomic E-state index is 0.387. The van der Waals surface area contributed by atoms with Crippen LogP contribution in [0.1, 0.15) is 18.9 Å². The van der Waals surface area contributed by atoms with Crippen molar-refractivity contribution in [1.82, 2.24) is 10.2 Å². The van der Waals surface area contributed by atoms with E-state index in [4.69, 9.17) is 0 Å². The molecule has 0 radical (unpaired) electrons. The van der Waals surface area contributed by atoms with E-state index in [0.717, 1.165) is 36.2 Å².